The van der Waals surface area contributed by atoms with Crippen molar-refractivity contribution in [3.63, 3.8) is 0 Å². The zero-order valence-electron chi connectivity index (χ0n) is 10.5. The SMILES string of the molecule is CC(C)c1c(C(C)(C)O)cc(Br)c2c1OCO2. The van der Waals surface area contributed by atoms with Gasteiger partial charge >= 0.3 is 0 Å². The highest BCUT2D eigenvalue weighted by molar-refractivity contribution is 9.10. The lowest BCUT2D eigenvalue weighted by Crippen LogP contribution is -2.19. The predicted octanol–water partition coefficient (Wildman–Crippen LogP) is 3.53. The molecule has 0 saturated carbocycles. The molecule has 1 aliphatic rings. The molecule has 1 N–H and O–H groups in total. The van der Waals surface area contributed by atoms with E-state index in [1.165, 1.54) is 0 Å². The number of hydrogen-bond acceptors (Lipinski definition) is 3. The van der Waals surface area contributed by atoms with Gasteiger partial charge in [0.25, 0.3) is 0 Å². The van der Waals surface area contributed by atoms with E-state index >= 15 is 0 Å². The average Bonchev–Trinajstić information content (AvgIpc) is 2.64. The molecule has 1 aromatic carbocycles. The minimum Gasteiger partial charge on any atom is -0.453 e. The summed E-state index contributed by atoms with van der Waals surface area (Å²) in [6.45, 7) is 7.97. The summed E-state index contributed by atoms with van der Waals surface area (Å²) in [5.74, 6) is 1.76. The van der Waals surface area contributed by atoms with Crippen LogP contribution in [0.25, 0.3) is 0 Å². The first-order valence-electron chi connectivity index (χ1n) is 5.67. The van der Waals surface area contributed by atoms with E-state index in [1.54, 1.807) is 13.8 Å². The summed E-state index contributed by atoms with van der Waals surface area (Å²) < 4.78 is 11.8. The van der Waals surface area contributed by atoms with Crippen molar-refractivity contribution in [2.75, 3.05) is 6.79 Å². The zero-order chi connectivity index (χ0) is 12.8. The summed E-state index contributed by atoms with van der Waals surface area (Å²) in [5, 5.41) is 10.3. The number of halogens is 1. The summed E-state index contributed by atoms with van der Waals surface area (Å²) in [6.07, 6.45) is 0. The van der Waals surface area contributed by atoms with Crippen molar-refractivity contribution in [3.05, 3.63) is 21.7 Å². The van der Waals surface area contributed by atoms with Gasteiger partial charge in [0.15, 0.2) is 11.5 Å². The van der Waals surface area contributed by atoms with Gasteiger partial charge in [-0.25, -0.2) is 0 Å². The molecule has 0 radical (unpaired) electrons. The van der Waals surface area contributed by atoms with Crippen LogP contribution in [0.3, 0.4) is 0 Å². The average molecular weight is 301 g/mol. The molecule has 0 amide bonds. The third-order valence-electron chi connectivity index (χ3n) is 2.87. The lowest BCUT2D eigenvalue weighted by molar-refractivity contribution is 0.0769. The first-order valence-corrected chi connectivity index (χ1v) is 6.46. The maximum absolute atomic E-state index is 10.3. The van der Waals surface area contributed by atoms with E-state index in [9.17, 15) is 5.11 Å². The molecule has 94 valence electrons. The molecule has 0 bridgehead atoms. The molecule has 0 saturated heterocycles. The van der Waals surface area contributed by atoms with Crippen LogP contribution in [0.1, 0.15) is 44.7 Å². The van der Waals surface area contributed by atoms with Crippen LogP contribution in [-0.4, -0.2) is 11.9 Å². The van der Waals surface area contributed by atoms with Crippen molar-refractivity contribution < 1.29 is 14.6 Å². The molecule has 3 nitrogen and oxygen atoms in total. The molecule has 0 atom stereocenters. The van der Waals surface area contributed by atoms with E-state index in [0.29, 0.717) is 0 Å². The second-order valence-electron chi connectivity index (χ2n) is 5.10. The summed E-state index contributed by atoms with van der Waals surface area (Å²) >= 11 is 3.46. The van der Waals surface area contributed by atoms with Gasteiger partial charge in [-0.2, -0.15) is 0 Å². The molecule has 4 heteroatoms. The Morgan fingerprint density at radius 2 is 1.88 bits per heavy atom. The predicted molar refractivity (Wildman–Crippen MR) is 69.6 cm³/mol. The van der Waals surface area contributed by atoms with E-state index in [4.69, 9.17) is 9.47 Å². The minimum atomic E-state index is -0.900. The van der Waals surface area contributed by atoms with E-state index in [0.717, 1.165) is 27.1 Å². The van der Waals surface area contributed by atoms with Gasteiger partial charge in [0.1, 0.15) is 0 Å². The largest absolute Gasteiger partial charge is 0.453 e. The molecule has 0 unspecified atom stereocenters. The second kappa shape index (κ2) is 4.18. The Hall–Kier alpha value is -0.740. The van der Waals surface area contributed by atoms with Crippen LogP contribution >= 0.6 is 15.9 Å². The molecule has 17 heavy (non-hydrogen) atoms. The van der Waals surface area contributed by atoms with Gasteiger partial charge in [0, 0.05) is 5.56 Å². The molecule has 1 aromatic rings. The van der Waals surface area contributed by atoms with E-state index in [1.807, 2.05) is 6.07 Å². The van der Waals surface area contributed by atoms with E-state index < -0.39 is 5.60 Å². The molecular formula is C13H17BrO3. The van der Waals surface area contributed by atoms with Crippen LogP contribution in [0.15, 0.2) is 10.5 Å². The van der Waals surface area contributed by atoms with E-state index in [2.05, 4.69) is 29.8 Å². The lowest BCUT2D eigenvalue weighted by atomic mass is 9.87. The van der Waals surface area contributed by atoms with Gasteiger partial charge in [-0.05, 0) is 47.3 Å². The maximum Gasteiger partial charge on any atom is 0.231 e. The lowest BCUT2D eigenvalue weighted by Gasteiger charge is -2.25. The molecular weight excluding hydrogens is 284 g/mol. The van der Waals surface area contributed by atoms with Crippen molar-refractivity contribution in [2.24, 2.45) is 0 Å². The molecule has 0 spiro atoms. The summed E-state index contributed by atoms with van der Waals surface area (Å²) in [5.41, 5.74) is 1.00. The first-order chi connectivity index (χ1) is 7.82. The Labute approximate surface area is 110 Å². The Morgan fingerprint density at radius 1 is 1.29 bits per heavy atom. The Kier molecular flexibility index (Phi) is 3.12. The van der Waals surface area contributed by atoms with Crippen LogP contribution in [0.4, 0.5) is 0 Å². The van der Waals surface area contributed by atoms with Crippen molar-refractivity contribution >= 4 is 15.9 Å². The Balaban J connectivity index is 2.72. The quantitative estimate of drug-likeness (QED) is 0.908. The van der Waals surface area contributed by atoms with Crippen molar-refractivity contribution in [2.45, 2.75) is 39.2 Å². The monoisotopic (exact) mass is 300 g/mol. The smallest absolute Gasteiger partial charge is 0.231 e. The molecule has 0 fully saturated rings. The van der Waals surface area contributed by atoms with Crippen LogP contribution in [0, 0.1) is 0 Å². The normalized spacial score (nSPS) is 14.5. The van der Waals surface area contributed by atoms with Gasteiger partial charge < -0.3 is 14.6 Å². The number of fused-ring (bicyclic) bond motifs is 1. The number of ether oxygens (including phenoxy) is 2. The van der Waals surface area contributed by atoms with Gasteiger partial charge in [-0.1, -0.05) is 13.8 Å². The third-order valence-corrected chi connectivity index (χ3v) is 3.46. The maximum atomic E-state index is 10.3. The van der Waals surface area contributed by atoms with Gasteiger partial charge in [-0.3, -0.25) is 0 Å². The number of benzene rings is 1. The number of aliphatic hydroxyl groups is 1. The molecule has 0 aliphatic carbocycles. The van der Waals surface area contributed by atoms with Gasteiger partial charge in [0.05, 0.1) is 10.1 Å². The zero-order valence-corrected chi connectivity index (χ0v) is 12.1. The standard InChI is InChI=1S/C13H17BrO3/c1-7(2)10-8(13(3,4)15)5-9(14)11-12(10)17-6-16-11/h5,7,15H,6H2,1-4H3. The molecule has 1 aliphatic heterocycles. The highest BCUT2D eigenvalue weighted by Gasteiger charge is 2.31. The van der Waals surface area contributed by atoms with Crippen molar-refractivity contribution in [1.29, 1.82) is 0 Å². The molecule has 1 heterocycles. The van der Waals surface area contributed by atoms with Gasteiger partial charge in [0.2, 0.25) is 6.79 Å². The van der Waals surface area contributed by atoms with Crippen LogP contribution < -0.4 is 9.47 Å². The third kappa shape index (κ3) is 2.16. The summed E-state index contributed by atoms with van der Waals surface area (Å²) in [6, 6.07) is 1.92. The fraction of sp³-hybridized carbons (Fsp3) is 0.538. The van der Waals surface area contributed by atoms with E-state index in [-0.39, 0.29) is 12.7 Å². The Morgan fingerprint density at radius 3 is 2.41 bits per heavy atom. The molecule has 2 rings (SSSR count). The topological polar surface area (TPSA) is 38.7 Å². The van der Waals surface area contributed by atoms with Crippen molar-refractivity contribution in [3.8, 4) is 11.5 Å². The van der Waals surface area contributed by atoms with Crippen LogP contribution in [0.5, 0.6) is 11.5 Å². The number of hydrogen-bond donors (Lipinski definition) is 1. The van der Waals surface area contributed by atoms with Crippen molar-refractivity contribution in [1.82, 2.24) is 0 Å². The van der Waals surface area contributed by atoms with Crippen LogP contribution in [-0.2, 0) is 5.60 Å². The summed E-state index contributed by atoms with van der Waals surface area (Å²) in [4.78, 5) is 0. The molecule has 0 aromatic heterocycles. The fourth-order valence-corrected chi connectivity index (χ4v) is 2.65. The highest BCUT2D eigenvalue weighted by atomic mass is 79.9. The van der Waals surface area contributed by atoms with Gasteiger partial charge in [-0.15, -0.1) is 0 Å². The summed E-state index contributed by atoms with van der Waals surface area (Å²) in [7, 11) is 0. The number of rotatable bonds is 2. The highest BCUT2D eigenvalue weighted by Crippen LogP contribution is 2.48. The Bertz CT molecular complexity index is 447. The first kappa shape index (κ1) is 12.7. The fourth-order valence-electron chi connectivity index (χ4n) is 2.13. The minimum absolute atomic E-state index is 0.239. The van der Waals surface area contributed by atoms with Crippen LogP contribution in [0.2, 0.25) is 0 Å². The second-order valence-corrected chi connectivity index (χ2v) is 5.95.